The standard InChI is InChI=1S/C21H20F2N4O2/c1-11(25-20(28)21(24)8-9-21)14-7-6-13(10-17(14)23)15-4-3-5-16(22)18(15)19-26-12(2)27-29-19/h3-7,10-11H,8-9,24H2,1-2H3,(H,25,28)/t11-/m1/s1. The number of benzene rings is 2. The summed E-state index contributed by atoms with van der Waals surface area (Å²) in [6.45, 7) is 3.32. The van der Waals surface area contributed by atoms with E-state index in [0.29, 0.717) is 35.4 Å². The lowest BCUT2D eigenvalue weighted by molar-refractivity contribution is -0.123. The zero-order chi connectivity index (χ0) is 20.8. The molecule has 0 unspecified atom stereocenters. The number of nitrogens with zero attached hydrogens (tertiary/aromatic N) is 2. The van der Waals surface area contributed by atoms with Crippen LogP contribution < -0.4 is 11.1 Å². The molecule has 3 aromatic rings. The quantitative estimate of drug-likeness (QED) is 0.684. The first-order valence-corrected chi connectivity index (χ1v) is 9.27. The number of aromatic nitrogens is 2. The summed E-state index contributed by atoms with van der Waals surface area (Å²) < 4.78 is 34.5. The van der Waals surface area contributed by atoms with Gasteiger partial charge in [0.15, 0.2) is 5.82 Å². The Morgan fingerprint density at radius 1 is 1.24 bits per heavy atom. The molecule has 1 aromatic heterocycles. The molecule has 2 aromatic carbocycles. The molecule has 0 radical (unpaired) electrons. The second kappa shape index (κ2) is 7.04. The highest BCUT2D eigenvalue weighted by Crippen LogP contribution is 2.36. The third-order valence-corrected chi connectivity index (χ3v) is 5.12. The summed E-state index contributed by atoms with van der Waals surface area (Å²) >= 11 is 0. The van der Waals surface area contributed by atoms with E-state index in [1.54, 1.807) is 32.0 Å². The molecule has 1 heterocycles. The SMILES string of the molecule is Cc1noc(-c2c(F)cccc2-c2ccc([C@@H](C)NC(=O)C3(N)CC3)c(F)c2)n1. The minimum absolute atomic E-state index is 0.0263. The van der Waals surface area contributed by atoms with Gasteiger partial charge in [-0.3, -0.25) is 4.79 Å². The van der Waals surface area contributed by atoms with Crippen molar-refractivity contribution in [3.8, 4) is 22.6 Å². The molecule has 3 N–H and O–H groups in total. The lowest BCUT2D eigenvalue weighted by atomic mass is 9.96. The summed E-state index contributed by atoms with van der Waals surface area (Å²) in [4.78, 5) is 16.2. The third-order valence-electron chi connectivity index (χ3n) is 5.12. The lowest BCUT2D eigenvalue weighted by Gasteiger charge is -2.18. The summed E-state index contributed by atoms with van der Waals surface area (Å²) in [6.07, 6.45) is 1.26. The van der Waals surface area contributed by atoms with Crippen LogP contribution in [0.1, 0.15) is 37.2 Å². The summed E-state index contributed by atoms with van der Waals surface area (Å²) in [6, 6.07) is 8.45. The lowest BCUT2D eigenvalue weighted by Crippen LogP contribution is -2.43. The number of nitrogens with one attached hydrogen (secondary N) is 1. The highest BCUT2D eigenvalue weighted by Gasteiger charge is 2.46. The summed E-state index contributed by atoms with van der Waals surface area (Å²) in [5, 5.41) is 6.45. The van der Waals surface area contributed by atoms with Crippen LogP contribution in [0.3, 0.4) is 0 Å². The highest BCUT2D eigenvalue weighted by atomic mass is 19.1. The Balaban J connectivity index is 1.67. The van der Waals surface area contributed by atoms with Gasteiger partial charge in [-0.1, -0.05) is 29.4 Å². The predicted molar refractivity (Wildman–Crippen MR) is 103 cm³/mol. The van der Waals surface area contributed by atoms with Gasteiger partial charge in [0.1, 0.15) is 11.6 Å². The Morgan fingerprint density at radius 3 is 2.62 bits per heavy atom. The van der Waals surface area contributed by atoms with Crippen LogP contribution in [0.15, 0.2) is 40.9 Å². The molecule has 1 aliphatic carbocycles. The van der Waals surface area contributed by atoms with Crippen molar-refractivity contribution >= 4 is 5.91 Å². The fourth-order valence-corrected chi connectivity index (χ4v) is 3.21. The normalized spacial score (nSPS) is 15.8. The Labute approximate surface area is 166 Å². The second-order valence-corrected chi connectivity index (χ2v) is 7.40. The van der Waals surface area contributed by atoms with Crippen molar-refractivity contribution in [3.05, 3.63) is 59.4 Å². The number of carbonyl (C=O) groups excluding carboxylic acids is 1. The molecule has 29 heavy (non-hydrogen) atoms. The molecule has 0 saturated heterocycles. The highest BCUT2D eigenvalue weighted by molar-refractivity contribution is 5.89. The predicted octanol–water partition coefficient (Wildman–Crippen LogP) is 3.66. The van der Waals surface area contributed by atoms with Crippen molar-refractivity contribution in [1.29, 1.82) is 0 Å². The van der Waals surface area contributed by atoms with Crippen molar-refractivity contribution in [3.63, 3.8) is 0 Å². The van der Waals surface area contributed by atoms with E-state index in [1.165, 1.54) is 18.2 Å². The van der Waals surface area contributed by atoms with Crippen LogP contribution in [0, 0.1) is 18.6 Å². The largest absolute Gasteiger partial charge is 0.348 e. The number of hydrogen-bond acceptors (Lipinski definition) is 5. The van der Waals surface area contributed by atoms with E-state index < -0.39 is 23.2 Å². The summed E-state index contributed by atoms with van der Waals surface area (Å²) in [5.74, 6) is -0.956. The van der Waals surface area contributed by atoms with E-state index in [1.807, 2.05) is 0 Å². The second-order valence-electron chi connectivity index (χ2n) is 7.40. The molecule has 0 bridgehead atoms. The molecule has 1 aliphatic rings. The molecule has 6 nitrogen and oxygen atoms in total. The van der Waals surface area contributed by atoms with Crippen LogP contribution in [0.5, 0.6) is 0 Å². The maximum absolute atomic E-state index is 14.9. The minimum Gasteiger partial charge on any atom is -0.348 e. The van der Waals surface area contributed by atoms with Gasteiger partial charge in [0.25, 0.3) is 5.89 Å². The van der Waals surface area contributed by atoms with Gasteiger partial charge >= 0.3 is 0 Å². The van der Waals surface area contributed by atoms with Gasteiger partial charge in [-0.2, -0.15) is 4.98 Å². The van der Waals surface area contributed by atoms with Crippen molar-refractivity contribution in [1.82, 2.24) is 15.5 Å². The van der Waals surface area contributed by atoms with Crippen LogP contribution in [-0.4, -0.2) is 21.6 Å². The first-order valence-electron chi connectivity index (χ1n) is 9.27. The van der Waals surface area contributed by atoms with Crippen LogP contribution in [-0.2, 0) is 4.79 Å². The molecule has 1 fully saturated rings. The fourth-order valence-electron chi connectivity index (χ4n) is 3.21. The number of rotatable bonds is 5. The molecular formula is C21H20F2N4O2. The average Bonchev–Trinajstić information content (AvgIpc) is 3.29. The number of hydrogen-bond donors (Lipinski definition) is 2. The van der Waals surface area contributed by atoms with Crippen LogP contribution in [0.4, 0.5) is 8.78 Å². The zero-order valence-electron chi connectivity index (χ0n) is 16.0. The Hall–Kier alpha value is -3.13. The fraction of sp³-hybridized carbons (Fsp3) is 0.286. The number of amides is 1. The van der Waals surface area contributed by atoms with Gasteiger partial charge < -0.3 is 15.6 Å². The summed E-state index contributed by atoms with van der Waals surface area (Å²) in [5.41, 5.74) is 6.36. The van der Waals surface area contributed by atoms with E-state index in [4.69, 9.17) is 10.3 Å². The molecule has 0 spiro atoms. The molecule has 1 atom stereocenters. The molecule has 0 aliphatic heterocycles. The van der Waals surface area contributed by atoms with E-state index in [-0.39, 0.29) is 17.4 Å². The topological polar surface area (TPSA) is 94.0 Å². The van der Waals surface area contributed by atoms with Crippen LogP contribution in [0.2, 0.25) is 0 Å². The van der Waals surface area contributed by atoms with Crippen molar-refractivity contribution in [2.24, 2.45) is 5.73 Å². The zero-order valence-corrected chi connectivity index (χ0v) is 16.0. The first-order chi connectivity index (χ1) is 13.8. The number of nitrogens with two attached hydrogens (primary N) is 1. The Kier molecular flexibility index (Phi) is 4.66. The maximum Gasteiger partial charge on any atom is 0.261 e. The molecule has 1 saturated carbocycles. The van der Waals surface area contributed by atoms with E-state index in [0.717, 1.165) is 0 Å². The molecule has 4 rings (SSSR count). The van der Waals surface area contributed by atoms with Crippen molar-refractivity contribution in [2.45, 2.75) is 38.3 Å². The third kappa shape index (κ3) is 3.63. The van der Waals surface area contributed by atoms with Crippen LogP contribution >= 0.6 is 0 Å². The molecular weight excluding hydrogens is 378 g/mol. The van der Waals surface area contributed by atoms with E-state index in [2.05, 4.69) is 15.5 Å². The van der Waals surface area contributed by atoms with Gasteiger partial charge in [-0.15, -0.1) is 0 Å². The first kappa shape index (κ1) is 19.2. The van der Waals surface area contributed by atoms with Gasteiger partial charge in [-0.25, -0.2) is 8.78 Å². The minimum atomic E-state index is -0.830. The van der Waals surface area contributed by atoms with Crippen LogP contribution in [0.25, 0.3) is 22.6 Å². The van der Waals surface area contributed by atoms with Crippen molar-refractivity contribution < 1.29 is 18.1 Å². The maximum atomic E-state index is 14.9. The van der Waals surface area contributed by atoms with Crippen molar-refractivity contribution in [2.75, 3.05) is 0 Å². The smallest absolute Gasteiger partial charge is 0.261 e. The number of carbonyl (C=O) groups is 1. The molecule has 150 valence electrons. The Bertz CT molecular complexity index is 1090. The van der Waals surface area contributed by atoms with Gasteiger partial charge in [-0.05, 0) is 49.9 Å². The van der Waals surface area contributed by atoms with Gasteiger partial charge in [0.2, 0.25) is 5.91 Å². The van der Waals surface area contributed by atoms with E-state index >= 15 is 0 Å². The molecule has 8 heteroatoms. The van der Waals surface area contributed by atoms with Gasteiger partial charge in [0, 0.05) is 5.56 Å². The summed E-state index contributed by atoms with van der Waals surface area (Å²) in [7, 11) is 0. The van der Waals surface area contributed by atoms with Gasteiger partial charge in [0.05, 0.1) is 17.1 Å². The Morgan fingerprint density at radius 2 is 2.00 bits per heavy atom. The average molecular weight is 398 g/mol. The number of halogens is 2. The van der Waals surface area contributed by atoms with E-state index in [9.17, 15) is 13.6 Å². The number of aryl methyl sites for hydroxylation is 1. The molecule has 1 amide bonds. The monoisotopic (exact) mass is 398 g/mol.